The van der Waals surface area contributed by atoms with E-state index in [2.05, 4.69) is 83.1 Å². The first-order valence-electron chi connectivity index (χ1n) is 10.4. The second-order valence-electron chi connectivity index (χ2n) is 7.47. The van der Waals surface area contributed by atoms with Gasteiger partial charge in [0.05, 0.1) is 14.2 Å². The van der Waals surface area contributed by atoms with E-state index >= 15 is 0 Å². The van der Waals surface area contributed by atoms with Gasteiger partial charge in [-0.1, -0.05) is 55.0 Å². The van der Waals surface area contributed by atoms with E-state index in [1.807, 2.05) is 36.4 Å². The SMILES string of the molecule is CCc1ccc(N=C2NC(=O)/C(=C/c3ccc(OCc4ccc(C)cc4)c(I)c3)S2)cc1. The average molecular weight is 554 g/mol. The Morgan fingerprint density at radius 3 is 2.44 bits per heavy atom. The molecule has 1 aliphatic rings. The van der Waals surface area contributed by atoms with Crippen molar-refractivity contribution in [3.8, 4) is 5.75 Å². The Bertz CT molecular complexity index is 1190. The Kier molecular flexibility index (Phi) is 7.32. The van der Waals surface area contributed by atoms with Crippen molar-refractivity contribution in [2.24, 2.45) is 4.99 Å². The van der Waals surface area contributed by atoms with Crippen LogP contribution in [0.25, 0.3) is 6.08 Å². The van der Waals surface area contributed by atoms with Gasteiger partial charge in [0, 0.05) is 0 Å². The maximum Gasteiger partial charge on any atom is 0.264 e. The highest BCUT2D eigenvalue weighted by atomic mass is 127. The van der Waals surface area contributed by atoms with E-state index in [9.17, 15) is 4.79 Å². The van der Waals surface area contributed by atoms with Gasteiger partial charge in [-0.05, 0) is 94.7 Å². The van der Waals surface area contributed by atoms with Crippen molar-refractivity contribution in [1.29, 1.82) is 0 Å². The molecule has 1 saturated heterocycles. The Hall–Kier alpha value is -2.58. The molecule has 1 fully saturated rings. The standard InChI is InChI=1S/C26H23IN2O2S/c1-3-18-8-11-21(12-9-18)28-26-29-25(30)24(32-26)15-20-10-13-23(22(27)14-20)31-16-19-6-4-17(2)5-7-19/h4-15H,3,16H2,1-2H3,(H,28,29,30)/b24-15-. The van der Waals surface area contributed by atoms with Crippen LogP contribution in [0.2, 0.25) is 0 Å². The van der Waals surface area contributed by atoms with Crippen LogP contribution < -0.4 is 10.1 Å². The third kappa shape index (κ3) is 5.81. The van der Waals surface area contributed by atoms with Crippen LogP contribution in [0.15, 0.2) is 76.6 Å². The molecule has 0 unspecified atom stereocenters. The van der Waals surface area contributed by atoms with E-state index in [4.69, 9.17) is 4.74 Å². The number of hydrogen-bond donors (Lipinski definition) is 1. The zero-order valence-electron chi connectivity index (χ0n) is 17.9. The number of benzene rings is 3. The van der Waals surface area contributed by atoms with E-state index in [1.165, 1.54) is 22.9 Å². The molecule has 0 atom stereocenters. The topological polar surface area (TPSA) is 50.7 Å². The number of thioether (sulfide) groups is 1. The zero-order valence-corrected chi connectivity index (χ0v) is 20.9. The molecule has 6 heteroatoms. The average Bonchev–Trinajstić information content (AvgIpc) is 3.13. The zero-order chi connectivity index (χ0) is 22.5. The van der Waals surface area contributed by atoms with Gasteiger partial charge in [0.1, 0.15) is 12.4 Å². The minimum Gasteiger partial charge on any atom is -0.488 e. The lowest BCUT2D eigenvalue weighted by molar-refractivity contribution is -0.115. The molecule has 0 spiro atoms. The molecular weight excluding hydrogens is 531 g/mol. The molecule has 0 aliphatic carbocycles. The fourth-order valence-electron chi connectivity index (χ4n) is 3.12. The Labute approximate surface area is 206 Å². The summed E-state index contributed by atoms with van der Waals surface area (Å²) >= 11 is 3.62. The molecule has 1 heterocycles. The fraction of sp³-hybridized carbons (Fsp3) is 0.154. The highest BCUT2D eigenvalue weighted by molar-refractivity contribution is 14.1. The summed E-state index contributed by atoms with van der Waals surface area (Å²) in [6.07, 6.45) is 2.87. The lowest BCUT2D eigenvalue weighted by Gasteiger charge is -2.09. The van der Waals surface area contributed by atoms with Crippen LogP contribution in [0, 0.1) is 10.5 Å². The van der Waals surface area contributed by atoms with E-state index in [1.54, 1.807) is 0 Å². The molecule has 1 aliphatic heterocycles. The van der Waals surface area contributed by atoms with Crippen molar-refractivity contribution < 1.29 is 9.53 Å². The van der Waals surface area contributed by atoms with E-state index < -0.39 is 0 Å². The first-order valence-corrected chi connectivity index (χ1v) is 12.3. The summed E-state index contributed by atoms with van der Waals surface area (Å²) in [6, 6.07) is 22.3. The summed E-state index contributed by atoms with van der Waals surface area (Å²) in [5.74, 6) is 0.697. The van der Waals surface area contributed by atoms with Crippen LogP contribution in [0.3, 0.4) is 0 Å². The molecule has 4 nitrogen and oxygen atoms in total. The molecule has 0 bridgehead atoms. The molecule has 0 radical (unpaired) electrons. The number of nitrogens with one attached hydrogen (secondary N) is 1. The van der Waals surface area contributed by atoms with Crippen molar-refractivity contribution in [3.63, 3.8) is 0 Å². The Morgan fingerprint density at radius 2 is 1.75 bits per heavy atom. The number of carbonyl (C=O) groups is 1. The third-order valence-electron chi connectivity index (χ3n) is 4.99. The molecule has 3 aromatic carbocycles. The molecule has 1 amide bonds. The highest BCUT2D eigenvalue weighted by Gasteiger charge is 2.23. The van der Waals surface area contributed by atoms with Crippen LogP contribution in [0.1, 0.15) is 29.2 Å². The molecule has 3 aromatic rings. The normalized spacial score (nSPS) is 15.9. The maximum absolute atomic E-state index is 12.4. The number of amides is 1. The van der Waals surface area contributed by atoms with Gasteiger partial charge in [-0.15, -0.1) is 0 Å². The van der Waals surface area contributed by atoms with Crippen molar-refractivity contribution in [2.75, 3.05) is 0 Å². The molecule has 162 valence electrons. The van der Waals surface area contributed by atoms with E-state index in [-0.39, 0.29) is 5.91 Å². The van der Waals surface area contributed by atoms with Crippen molar-refractivity contribution >= 4 is 57.2 Å². The van der Waals surface area contributed by atoms with Crippen LogP contribution >= 0.6 is 34.4 Å². The smallest absolute Gasteiger partial charge is 0.264 e. The number of halogens is 1. The Morgan fingerprint density at radius 1 is 1.03 bits per heavy atom. The van der Waals surface area contributed by atoms with Gasteiger partial charge >= 0.3 is 0 Å². The molecule has 1 N–H and O–H groups in total. The van der Waals surface area contributed by atoms with E-state index in [0.717, 1.165) is 32.6 Å². The predicted octanol–water partition coefficient (Wildman–Crippen LogP) is 6.63. The van der Waals surface area contributed by atoms with E-state index in [0.29, 0.717) is 16.7 Å². The van der Waals surface area contributed by atoms with Crippen molar-refractivity contribution in [2.45, 2.75) is 26.9 Å². The number of nitrogens with zero attached hydrogens (tertiary/aromatic N) is 1. The third-order valence-corrected chi connectivity index (χ3v) is 6.75. The first-order chi connectivity index (χ1) is 15.5. The molecule has 0 saturated carbocycles. The van der Waals surface area contributed by atoms with Gasteiger partial charge in [-0.3, -0.25) is 4.79 Å². The van der Waals surface area contributed by atoms with Gasteiger partial charge in [0.15, 0.2) is 5.17 Å². The minimum atomic E-state index is -0.131. The second kappa shape index (κ2) is 10.4. The van der Waals surface area contributed by atoms with Crippen molar-refractivity contribution in [1.82, 2.24) is 5.32 Å². The summed E-state index contributed by atoms with van der Waals surface area (Å²) in [5.41, 5.74) is 5.41. The second-order valence-corrected chi connectivity index (χ2v) is 9.66. The van der Waals surface area contributed by atoms with Gasteiger partial charge in [0.25, 0.3) is 5.91 Å². The largest absolute Gasteiger partial charge is 0.488 e. The lowest BCUT2D eigenvalue weighted by Crippen LogP contribution is -2.19. The van der Waals surface area contributed by atoms with Crippen LogP contribution in [-0.2, 0) is 17.8 Å². The number of aliphatic imine (C=N–C) groups is 1. The number of hydrogen-bond acceptors (Lipinski definition) is 4. The molecule has 32 heavy (non-hydrogen) atoms. The summed E-state index contributed by atoms with van der Waals surface area (Å²) in [6.45, 7) is 4.71. The minimum absolute atomic E-state index is 0.131. The number of amidine groups is 1. The monoisotopic (exact) mass is 554 g/mol. The maximum atomic E-state index is 12.4. The van der Waals surface area contributed by atoms with Gasteiger partial charge in [-0.2, -0.15) is 0 Å². The van der Waals surface area contributed by atoms with Gasteiger partial charge < -0.3 is 10.1 Å². The predicted molar refractivity (Wildman–Crippen MR) is 141 cm³/mol. The van der Waals surface area contributed by atoms with Gasteiger partial charge in [-0.25, -0.2) is 4.99 Å². The number of ether oxygens (including phenoxy) is 1. The first kappa shape index (κ1) is 22.6. The fourth-order valence-corrected chi connectivity index (χ4v) is 4.66. The number of rotatable bonds is 6. The van der Waals surface area contributed by atoms with Crippen LogP contribution in [-0.4, -0.2) is 11.1 Å². The Balaban J connectivity index is 1.43. The number of aryl methyl sites for hydroxylation is 2. The molecule has 4 rings (SSSR count). The highest BCUT2D eigenvalue weighted by Crippen LogP contribution is 2.30. The lowest BCUT2D eigenvalue weighted by atomic mass is 10.1. The summed E-state index contributed by atoms with van der Waals surface area (Å²) < 4.78 is 6.97. The molecular formula is C26H23IN2O2S. The number of carbonyl (C=O) groups excluding carboxylic acids is 1. The van der Waals surface area contributed by atoms with Gasteiger partial charge in [0.2, 0.25) is 0 Å². The van der Waals surface area contributed by atoms with Crippen LogP contribution in [0.4, 0.5) is 5.69 Å². The van der Waals surface area contributed by atoms with Crippen LogP contribution in [0.5, 0.6) is 5.75 Å². The van der Waals surface area contributed by atoms with Crippen molar-refractivity contribution in [3.05, 3.63) is 97.5 Å². The summed E-state index contributed by atoms with van der Waals surface area (Å²) in [4.78, 5) is 17.6. The molecule has 0 aromatic heterocycles. The summed E-state index contributed by atoms with van der Waals surface area (Å²) in [7, 11) is 0. The quantitative estimate of drug-likeness (QED) is 0.275. The summed E-state index contributed by atoms with van der Waals surface area (Å²) in [5, 5.41) is 3.44.